The third kappa shape index (κ3) is 3.73. The summed E-state index contributed by atoms with van der Waals surface area (Å²) in [6.07, 6.45) is 1.30. The van der Waals surface area contributed by atoms with Gasteiger partial charge in [0.1, 0.15) is 5.82 Å². The fourth-order valence-corrected chi connectivity index (χ4v) is 1.08. The number of hydrogen-bond acceptors (Lipinski definition) is 5. The van der Waals surface area contributed by atoms with Crippen molar-refractivity contribution in [3.63, 3.8) is 0 Å². The largest absolute Gasteiger partial charge is 0.391 e. The van der Waals surface area contributed by atoms with E-state index in [-0.39, 0.29) is 12.0 Å². The molecule has 1 aromatic heterocycles. The summed E-state index contributed by atoms with van der Waals surface area (Å²) in [6, 6.07) is 3.61. The number of hydrazine groups is 1. The Bertz CT molecular complexity index is 303. The van der Waals surface area contributed by atoms with Gasteiger partial charge in [0.15, 0.2) is 0 Å². The number of aromatic nitrogens is 1. The van der Waals surface area contributed by atoms with Crippen molar-refractivity contribution in [3.05, 3.63) is 18.3 Å². The fraction of sp³-hybridized carbons (Fsp3) is 0.500. The van der Waals surface area contributed by atoms with Crippen molar-refractivity contribution in [3.8, 4) is 0 Å². The average Bonchev–Trinajstić information content (AvgIpc) is 2.26. The van der Waals surface area contributed by atoms with Gasteiger partial charge in [-0.2, -0.15) is 0 Å². The predicted octanol–water partition coefficient (Wildman–Crippen LogP) is 0.796. The van der Waals surface area contributed by atoms with E-state index in [4.69, 9.17) is 5.84 Å². The highest BCUT2D eigenvalue weighted by atomic mass is 16.3. The maximum Gasteiger partial charge on any atom is 0.141 e. The molecular formula is C10H18N4O. The molecule has 1 aromatic rings. The van der Waals surface area contributed by atoms with Crippen LogP contribution in [-0.4, -0.2) is 22.7 Å². The first kappa shape index (κ1) is 11.7. The molecule has 0 saturated carbocycles. The molecule has 0 spiro atoms. The number of rotatable bonds is 5. The molecule has 0 aliphatic rings. The van der Waals surface area contributed by atoms with Crippen LogP contribution in [0.2, 0.25) is 0 Å². The van der Waals surface area contributed by atoms with Crippen LogP contribution in [-0.2, 0) is 0 Å². The first-order chi connectivity index (χ1) is 7.13. The van der Waals surface area contributed by atoms with Crippen LogP contribution >= 0.6 is 0 Å². The van der Waals surface area contributed by atoms with Crippen molar-refractivity contribution in [1.82, 2.24) is 4.98 Å². The van der Waals surface area contributed by atoms with Gasteiger partial charge in [0, 0.05) is 24.5 Å². The first-order valence-electron chi connectivity index (χ1n) is 4.98. The molecule has 0 radical (unpaired) electrons. The van der Waals surface area contributed by atoms with E-state index in [0.29, 0.717) is 12.4 Å². The van der Waals surface area contributed by atoms with Crippen LogP contribution in [0.15, 0.2) is 18.3 Å². The predicted molar refractivity (Wildman–Crippen MR) is 61.4 cm³/mol. The molecule has 1 rings (SSSR count). The standard InChI is InChI=1S/C10H18N4O/c1-7(2)9(15)6-13-8-3-4-12-10(5-8)14-11/h3-5,7,9,15H,6,11H2,1-2H3,(H2,12,13,14). The lowest BCUT2D eigenvalue weighted by atomic mass is 10.1. The monoisotopic (exact) mass is 210 g/mol. The van der Waals surface area contributed by atoms with E-state index in [2.05, 4.69) is 15.7 Å². The van der Waals surface area contributed by atoms with E-state index in [1.807, 2.05) is 19.9 Å². The number of nitrogen functional groups attached to an aromatic ring is 1. The minimum Gasteiger partial charge on any atom is -0.391 e. The summed E-state index contributed by atoms with van der Waals surface area (Å²) in [4.78, 5) is 3.98. The average molecular weight is 210 g/mol. The van der Waals surface area contributed by atoms with Gasteiger partial charge in [-0.3, -0.25) is 0 Å². The number of pyridine rings is 1. The summed E-state index contributed by atoms with van der Waals surface area (Å²) in [5.74, 6) is 6.07. The zero-order valence-corrected chi connectivity index (χ0v) is 9.07. The lowest BCUT2D eigenvalue weighted by Gasteiger charge is -2.16. The number of nitrogens with two attached hydrogens (primary N) is 1. The van der Waals surface area contributed by atoms with E-state index in [1.165, 1.54) is 0 Å². The minimum absolute atomic E-state index is 0.242. The molecule has 1 unspecified atom stereocenters. The van der Waals surface area contributed by atoms with Crippen LogP contribution < -0.4 is 16.6 Å². The van der Waals surface area contributed by atoms with Crippen molar-refractivity contribution in [2.45, 2.75) is 20.0 Å². The quantitative estimate of drug-likeness (QED) is 0.427. The second kappa shape index (κ2) is 5.53. The topological polar surface area (TPSA) is 83.2 Å². The highest BCUT2D eigenvalue weighted by Gasteiger charge is 2.08. The Labute approximate surface area is 89.7 Å². The van der Waals surface area contributed by atoms with Gasteiger partial charge >= 0.3 is 0 Å². The maximum atomic E-state index is 9.60. The highest BCUT2D eigenvalue weighted by Crippen LogP contribution is 2.11. The van der Waals surface area contributed by atoms with Crippen molar-refractivity contribution < 1.29 is 5.11 Å². The Morgan fingerprint density at radius 2 is 2.27 bits per heavy atom. The lowest BCUT2D eigenvalue weighted by Crippen LogP contribution is -2.24. The van der Waals surface area contributed by atoms with Gasteiger partial charge in [-0.1, -0.05) is 13.8 Å². The summed E-state index contributed by atoms with van der Waals surface area (Å²) in [5, 5.41) is 12.7. The molecule has 0 aromatic carbocycles. The molecule has 0 aliphatic heterocycles. The normalized spacial score (nSPS) is 12.6. The van der Waals surface area contributed by atoms with Gasteiger partial charge in [0.25, 0.3) is 0 Å². The van der Waals surface area contributed by atoms with Crippen LogP contribution in [0, 0.1) is 5.92 Å². The van der Waals surface area contributed by atoms with Crippen molar-refractivity contribution in [2.24, 2.45) is 11.8 Å². The molecule has 1 atom stereocenters. The van der Waals surface area contributed by atoms with E-state index < -0.39 is 0 Å². The second-order valence-corrected chi connectivity index (χ2v) is 3.77. The van der Waals surface area contributed by atoms with E-state index in [1.54, 1.807) is 12.3 Å². The second-order valence-electron chi connectivity index (χ2n) is 3.77. The number of anilines is 2. The molecule has 5 nitrogen and oxygen atoms in total. The van der Waals surface area contributed by atoms with Gasteiger partial charge in [-0.05, 0) is 12.0 Å². The molecule has 15 heavy (non-hydrogen) atoms. The molecule has 5 heteroatoms. The molecule has 1 heterocycles. The van der Waals surface area contributed by atoms with Crippen molar-refractivity contribution in [1.29, 1.82) is 0 Å². The molecule has 5 N–H and O–H groups in total. The Kier molecular flexibility index (Phi) is 4.33. The van der Waals surface area contributed by atoms with Crippen LogP contribution in [0.1, 0.15) is 13.8 Å². The molecule has 0 aliphatic carbocycles. The molecular weight excluding hydrogens is 192 g/mol. The Hall–Kier alpha value is -1.33. The Balaban J connectivity index is 2.50. The molecule has 0 saturated heterocycles. The van der Waals surface area contributed by atoms with Gasteiger partial charge in [-0.15, -0.1) is 0 Å². The number of hydrogen-bond donors (Lipinski definition) is 4. The van der Waals surface area contributed by atoms with Gasteiger partial charge < -0.3 is 15.8 Å². The molecule has 84 valence electrons. The zero-order chi connectivity index (χ0) is 11.3. The number of aliphatic hydroxyl groups excluding tert-OH is 1. The number of nitrogens with one attached hydrogen (secondary N) is 2. The van der Waals surface area contributed by atoms with Crippen molar-refractivity contribution in [2.75, 3.05) is 17.3 Å². The summed E-state index contributed by atoms with van der Waals surface area (Å²) < 4.78 is 0. The summed E-state index contributed by atoms with van der Waals surface area (Å²) in [5.41, 5.74) is 3.35. The van der Waals surface area contributed by atoms with Crippen LogP contribution in [0.4, 0.5) is 11.5 Å². The van der Waals surface area contributed by atoms with Gasteiger partial charge in [0.2, 0.25) is 0 Å². The Morgan fingerprint density at radius 3 is 2.87 bits per heavy atom. The number of aliphatic hydroxyl groups is 1. The molecule has 0 fully saturated rings. The van der Waals surface area contributed by atoms with E-state index in [0.717, 1.165) is 5.69 Å². The van der Waals surface area contributed by atoms with Crippen LogP contribution in [0.5, 0.6) is 0 Å². The third-order valence-electron chi connectivity index (χ3n) is 2.19. The first-order valence-corrected chi connectivity index (χ1v) is 4.98. The van der Waals surface area contributed by atoms with E-state index in [9.17, 15) is 5.11 Å². The highest BCUT2D eigenvalue weighted by molar-refractivity contribution is 5.51. The maximum absolute atomic E-state index is 9.60. The molecule has 0 bridgehead atoms. The van der Waals surface area contributed by atoms with Crippen LogP contribution in [0.3, 0.4) is 0 Å². The van der Waals surface area contributed by atoms with Crippen molar-refractivity contribution >= 4 is 11.5 Å². The van der Waals surface area contributed by atoms with E-state index >= 15 is 0 Å². The lowest BCUT2D eigenvalue weighted by molar-refractivity contribution is 0.138. The smallest absolute Gasteiger partial charge is 0.141 e. The third-order valence-corrected chi connectivity index (χ3v) is 2.19. The molecule has 0 amide bonds. The van der Waals surface area contributed by atoms with Gasteiger partial charge in [0.05, 0.1) is 6.10 Å². The Morgan fingerprint density at radius 1 is 1.53 bits per heavy atom. The van der Waals surface area contributed by atoms with Gasteiger partial charge in [-0.25, -0.2) is 10.8 Å². The summed E-state index contributed by atoms with van der Waals surface area (Å²) >= 11 is 0. The minimum atomic E-state index is -0.354. The number of nitrogens with zero attached hydrogens (tertiary/aromatic N) is 1. The summed E-state index contributed by atoms with van der Waals surface area (Å²) in [6.45, 7) is 4.48. The summed E-state index contributed by atoms with van der Waals surface area (Å²) in [7, 11) is 0. The SMILES string of the molecule is CC(C)C(O)CNc1ccnc(NN)c1. The van der Waals surface area contributed by atoms with Crippen LogP contribution in [0.25, 0.3) is 0 Å². The zero-order valence-electron chi connectivity index (χ0n) is 9.07. The fourth-order valence-electron chi connectivity index (χ4n) is 1.08.